The fraction of sp³-hybridized carbons (Fsp3) is 0.538. The first kappa shape index (κ1) is 14.4. The van der Waals surface area contributed by atoms with Gasteiger partial charge in [-0.05, 0) is 37.6 Å². The predicted molar refractivity (Wildman–Crippen MR) is 69.0 cm³/mol. The van der Waals surface area contributed by atoms with E-state index in [2.05, 4.69) is 5.32 Å². The Labute approximate surface area is 107 Å². The zero-order chi connectivity index (χ0) is 12.8. The highest BCUT2D eigenvalue weighted by Crippen LogP contribution is 2.17. The monoisotopic (exact) mass is 259 g/mol. The highest BCUT2D eigenvalue weighted by atomic mass is 35.5. The molecule has 2 nitrogen and oxygen atoms in total. The summed E-state index contributed by atoms with van der Waals surface area (Å²) >= 11 is 5.65. The molecule has 0 aliphatic rings. The molecular formula is C13H19ClFNO. The van der Waals surface area contributed by atoms with Gasteiger partial charge in [-0.3, -0.25) is 0 Å². The van der Waals surface area contributed by atoms with Gasteiger partial charge in [-0.25, -0.2) is 4.39 Å². The van der Waals surface area contributed by atoms with Crippen LogP contribution in [0.1, 0.15) is 19.4 Å². The first-order valence-corrected chi connectivity index (χ1v) is 6.16. The molecule has 0 aromatic heterocycles. The quantitative estimate of drug-likeness (QED) is 0.848. The molecule has 0 aliphatic carbocycles. The molecule has 17 heavy (non-hydrogen) atoms. The Morgan fingerprint density at radius 1 is 1.47 bits per heavy atom. The molecule has 1 aromatic rings. The molecule has 0 heterocycles. The van der Waals surface area contributed by atoms with Crippen molar-refractivity contribution in [1.29, 1.82) is 0 Å². The minimum absolute atomic E-state index is 0.0775. The molecule has 0 saturated heterocycles. The second kappa shape index (κ2) is 6.94. The number of likely N-dealkylation sites (N-methyl/N-ethyl adjacent to an activating group) is 1. The van der Waals surface area contributed by atoms with Crippen LogP contribution >= 0.6 is 11.6 Å². The molecule has 1 rings (SSSR count). The summed E-state index contributed by atoms with van der Waals surface area (Å²) in [5.74, 6) is -0.371. The average Bonchev–Trinajstić information content (AvgIpc) is 2.32. The standard InChI is InChI=1S/C13H19ClFNO/c1-4-16-13(9(2)17-3)8-10-5-6-11(14)12(15)7-10/h5-7,9,13,16H,4,8H2,1-3H3. The Hall–Kier alpha value is -0.640. The van der Waals surface area contributed by atoms with Crippen LogP contribution in [0, 0.1) is 5.82 Å². The fourth-order valence-corrected chi connectivity index (χ4v) is 1.87. The number of methoxy groups -OCH3 is 1. The maximum Gasteiger partial charge on any atom is 0.142 e. The SMILES string of the molecule is CCNC(Cc1ccc(Cl)c(F)c1)C(C)OC. The van der Waals surface area contributed by atoms with Gasteiger partial charge >= 0.3 is 0 Å². The minimum Gasteiger partial charge on any atom is -0.380 e. The first-order chi connectivity index (χ1) is 8.08. The number of halogens is 2. The lowest BCUT2D eigenvalue weighted by Crippen LogP contribution is -2.40. The van der Waals surface area contributed by atoms with Crippen LogP contribution in [-0.4, -0.2) is 25.8 Å². The van der Waals surface area contributed by atoms with Crippen LogP contribution in [0.5, 0.6) is 0 Å². The summed E-state index contributed by atoms with van der Waals surface area (Å²) in [5, 5.41) is 3.50. The van der Waals surface area contributed by atoms with E-state index in [1.54, 1.807) is 13.2 Å². The molecule has 0 radical (unpaired) electrons. The average molecular weight is 260 g/mol. The van der Waals surface area contributed by atoms with E-state index < -0.39 is 0 Å². The van der Waals surface area contributed by atoms with Crippen molar-refractivity contribution in [2.24, 2.45) is 0 Å². The van der Waals surface area contributed by atoms with Gasteiger partial charge in [0.2, 0.25) is 0 Å². The summed E-state index contributed by atoms with van der Waals surface area (Å²) in [6.45, 7) is 4.89. The number of benzene rings is 1. The lowest BCUT2D eigenvalue weighted by atomic mass is 10.0. The largest absolute Gasteiger partial charge is 0.380 e. The lowest BCUT2D eigenvalue weighted by molar-refractivity contribution is 0.0836. The summed E-state index contributed by atoms with van der Waals surface area (Å²) in [5.41, 5.74) is 0.918. The number of hydrogen-bond acceptors (Lipinski definition) is 2. The summed E-state index contributed by atoms with van der Waals surface area (Å²) < 4.78 is 18.6. The van der Waals surface area contributed by atoms with Gasteiger partial charge in [0.1, 0.15) is 5.82 Å². The molecule has 2 unspecified atom stereocenters. The van der Waals surface area contributed by atoms with E-state index in [1.807, 2.05) is 19.9 Å². The third kappa shape index (κ3) is 4.26. The van der Waals surface area contributed by atoms with Crippen molar-refractivity contribution in [1.82, 2.24) is 5.32 Å². The van der Waals surface area contributed by atoms with Crippen molar-refractivity contribution in [2.75, 3.05) is 13.7 Å². The van der Waals surface area contributed by atoms with Crippen LogP contribution in [0.15, 0.2) is 18.2 Å². The maximum atomic E-state index is 13.3. The highest BCUT2D eigenvalue weighted by Gasteiger charge is 2.16. The van der Waals surface area contributed by atoms with Crippen molar-refractivity contribution >= 4 is 11.6 Å². The Bertz CT molecular complexity index is 359. The summed E-state index contributed by atoms with van der Waals surface area (Å²) in [4.78, 5) is 0. The Balaban J connectivity index is 2.74. The summed E-state index contributed by atoms with van der Waals surface area (Å²) in [7, 11) is 1.68. The van der Waals surface area contributed by atoms with E-state index in [1.165, 1.54) is 6.07 Å². The van der Waals surface area contributed by atoms with E-state index in [0.29, 0.717) is 0 Å². The zero-order valence-electron chi connectivity index (χ0n) is 10.5. The van der Waals surface area contributed by atoms with Crippen LogP contribution in [-0.2, 0) is 11.2 Å². The fourth-order valence-electron chi connectivity index (χ4n) is 1.75. The smallest absolute Gasteiger partial charge is 0.142 e. The van der Waals surface area contributed by atoms with Crippen molar-refractivity contribution < 1.29 is 9.13 Å². The molecule has 0 amide bonds. The molecule has 2 atom stereocenters. The molecule has 0 bridgehead atoms. The molecule has 0 saturated carbocycles. The van der Waals surface area contributed by atoms with Crippen molar-refractivity contribution in [3.63, 3.8) is 0 Å². The maximum absolute atomic E-state index is 13.3. The van der Waals surface area contributed by atoms with Crippen LogP contribution < -0.4 is 5.32 Å². The minimum atomic E-state index is -0.371. The molecule has 1 N–H and O–H groups in total. The molecule has 1 aromatic carbocycles. The van der Waals surface area contributed by atoms with Gasteiger partial charge in [0.05, 0.1) is 11.1 Å². The van der Waals surface area contributed by atoms with Gasteiger partial charge < -0.3 is 10.1 Å². The van der Waals surface area contributed by atoms with Crippen molar-refractivity contribution in [3.05, 3.63) is 34.6 Å². The second-order valence-electron chi connectivity index (χ2n) is 4.06. The first-order valence-electron chi connectivity index (χ1n) is 5.78. The van der Waals surface area contributed by atoms with Gasteiger partial charge in [0, 0.05) is 13.2 Å². The highest BCUT2D eigenvalue weighted by molar-refractivity contribution is 6.30. The lowest BCUT2D eigenvalue weighted by Gasteiger charge is -2.23. The Morgan fingerprint density at radius 3 is 2.71 bits per heavy atom. The third-order valence-electron chi connectivity index (χ3n) is 2.84. The number of hydrogen-bond donors (Lipinski definition) is 1. The van der Waals surface area contributed by atoms with E-state index >= 15 is 0 Å². The normalized spacial score (nSPS) is 14.6. The van der Waals surface area contributed by atoms with E-state index in [9.17, 15) is 4.39 Å². The van der Waals surface area contributed by atoms with Crippen molar-refractivity contribution in [3.8, 4) is 0 Å². The van der Waals surface area contributed by atoms with Crippen molar-refractivity contribution in [2.45, 2.75) is 32.4 Å². The molecule has 0 aliphatic heterocycles. The molecule has 96 valence electrons. The Kier molecular flexibility index (Phi) is 5.89. The third-order valence-corrected chi connectivity index (χ3v) is 3.15. The van der Waals surface area contributed by atoms with E-state index in [-0.39, 0.29) is 23.0 Å². The number of rotatable bonds is 6. The zero-order valence-corrected chi connectivity index (χ0v) is 11.2. The van der Waals surface area contributed by atoms with Gasteiger partial charge in [-0.2, -0.15) is 0 Å². The van der Waals surface area contributed by atoms with Crippen LogP contribution in [0.2, 0.25) is 5.02 Å². The van der Waals surface area contributed by atoms with Gasteiger partial charge in [0.25, 0.3) is 0 Å². The van der Waals surface area contributed by atoms with Crippen LogP contribution in [0.25, 0.3) is 0 Å². The predicted octanol–water partition coefficient (Wildman–Crippen LogP) is 3.03. The molecule has 4 heteroatoms. The second-order valence-corrected chi connectivity index (χ2v) is 4.46. The van der Waals surface area contributed by atoms with E-state index in [0.717, 1.165) is 18.5 Å². The van der Waals surface area contributed by atoms with Crippen LogP contribution in [0.4, 0.5) is 4.39 Å². The summed E-state index contributed by atoms with van der Waals surface area (Å²) in [6, 6.07) is 5.09. The Morgan fingerprint density at radius 2 is 2.18 bits per heavy atom. The topological polar surface area (TPSA) is 21.3 Å². The summed E-state index contributed by atoms with van der Waals surface area (Å²) in [6.07, 6.45) is 0.797. The van der Waals surface area contributed by atoms with Gasteiger partial charge in [-0.1, -0.05) is 24.6 Å². The van der Waals surface area contributed by atoms with Crippen LogP contribution in [0.3, 0.4) is 0 Å². The van der Waals surface area contributed by atoms with E-state index in [4.69, 9.17) is 16.3 Å². The van der Waals surface area contributed by atoms with Gasteiger partial charge in [0.15, 0.2) is 0 Å². The number of ether oxygens (including phenoxy) is 1. The van der Waals surface area contributed by atoms with Gasteiger partial charge in [-0.15, -0.1) is 0 Å². The number of nitrogens with one attached hydrogen (secondary N) is 1. The molecule has 0 fully saturated rings. The molecule has 0 spiro atoms. The molecular weight excluding hydrogens is 241 g/mol.